The average molecular weight is 297 g/mol. The van der Waals surface area contributed by atoms with Crippen LogP contribution in [0.1, 0.15) is 0 Å². The fraction of sp³-hybridized carbons (Fsp3) is 0.0833. The number of primary sulfonamides is 1. The predicted octanol–water partition coefficient (Wildman–Crippen LogP) is 1.55. The van der Waals surface area contributed by atoms with Gasteiger partial charge in [0.1, 0.15) is 23.0 Å². The molecular formula is C12H9ClN2O3S. The van der Waals surface area contributed by atoms with Crippen LogP contribution in [0.5, 0.6) is 5.75 Å². The van der Waals surface area contributed by atoms with E-state index in [-0.39, 0.29) is 16.7 Å². The highest BCUT2D eigenvalue weighted by Gasteiger charge is 2.16. The lowest BCUT2D eigenvalue weighted by atomic mass is 10.2. The van der Waals surface area contributed by atoms with Gasteiger partial charge in [-0.3, -0.25) is 0 Å². The summed E-state index contributed by atoms with van der Waals surface area (Å²) in [4.78, 5) is 4.01. The van der Waals surface area contributed by atoms with Crippen molar-refractivity contribution in [2.24, 2.45) is 5.14 Å². The van der Waals surface area contributed by atoms with Crippen molar-refractivity contribution in [2.75, 3.05) is 6.61 Å². The summed E-state index contributed by atoms with van der Waals surface area (Å²) in [6.45, 7) is 0.0397. The fourth-order valence-electron chi connectivity index (χ4n) is 1.63. The van der Waals surface area contributed by atoms with Gasteiger partial charge in [0.2, 0.25) is 10.0 Å². The molecule has 0 aliphatic rings. The molecule has 0 aliphatic carbocycles. The van der Waals surface area contributed by atoms with Crippen molar-refractivity contribution in [3.8, 4) is 18.1 Å². The summed E-state index contributed by atoms with van der Waals surface area (Å²) in [7, 11) is -3.86. The Labute approximate surface area is 115 Å². The lowest BCUT2D eigenvalue weighted by molar-refractivity contribution is 0.374. The Morgan fingerprint density at radius 3 is 2.74 bits per heavy atom. The molecule has 0 saturated carbocycles. The summed E-state index contributed by atoms with van der Waals surface area (Å²) in [6, 6.07) is 5.79. The Morgan fingerprint density at radius 2 is 2.11 bits per heavy atom. The van der Waals surface area contributed by atoms with Crippen molar-refractivity contribution < 1.29 is 13.2 Å². The number of aromatic nitrogens is 1. The zero-order chi connectivity index (χ0) is 14.0. The molecule has 1 heterocycles. The van der Waals surface area contributed by atoms with E-state index in [1.807, 2.05) is 0 Å². The van der Waals surface area contributed by atoms with E-state index in [1.165, 1.54) is 24.3 Å². The molecule has 98 valence electrons. The van der Waals surface area contributed by atoms with Crippen LogP contribution in [0, 0.1) is 12.3 Å². The third-order valence-electron chi connectivity index (χ3n) is 2.36. The van der Waals surface area contributed by atoms with Gasteiger partial charge < -0.3 is 4.74 Å². The SMILES string of the molecule is C#CCOc1ccc(S(N)(=O)=O)c2ccc(Cl)nc12. The Bertz CT molecular complexity index is 781. The molecule has 0 spiro atoms. The maximum atomic E-state index is 11.5. The maximum Gasteiger partial charge on any atom is 0.238 e. The standard InChI is InChI=1S/C12H9ClN2O3S/c1-2-7-18-9-4-5-10(19(14,16)17)8-3-6-11(13)15-12(8)9/h1,3-6H,7H2,(H2,14,16,17). The number of nitrogens with zero attached hydrogens (tertiary/aromatic N) is 1. The molecule has 0 fully saturated rings. The first kappa shape index (κ1) is 13.6. The van der Waals surface area contributed by atoms with Crippen molar-refractivity contribution in [1.82, 2.24) is 4.98 Å². The van der Waals surface area contributed by atoms with Crippen molar-refractivity contribution in [2.45, 2.75) is 4.90 Å². The van der Waals surface area contributed by atoms with E-state index in [2.05, 4.69) is 10.9 Å². The summed E-state index contributed by atoms with van der Waals surface area (Å²) in [5, 5.41) is 5.70. The Balaban J connectivity index is 2.76. The van der Waals surface area contributed by atoms with Gasteiger partial charge >= 0.3 is 0 Å². The Morgan fingerprint density at radius 1 is 1.37 bits per heavy atom. The lowest BCUT2D eigenvalue weighted by Gasteiger charge is -2.09. The van der Waals surface area contributed by atoms with Crippen LogP contribution < -0.4 is 9.88 Å². The van der Waals surface area contributed by atoms with Gasteiger partial charge in [-0.2, -0.15) is 0 Å². The van der Waals surface area contributed by atoms with Gasteiger partial charge in [0.15, 0.2) is 0 Å². The van der Waals surface area contributed by atoms with Gasteiger partial charge in [-0.1, -0.05) is 17.5 Å². The second-order valence-electron chi connectivity index (χ2n) is 3.63. The molecule has 5 nitrogen and oxygen atoms in total. The number of pyridine rings is 1. The molecular weight excluding hydrogens is 288 g/mol. The van der Waals surface area contributed by atoms with Crippen LogP contribution in [0.15, 0.2) is 29.2 Å². The second kappa shape index (κ2) is 5.05. The number of nitrogens with two attached hydrogens (primary N) is 1. The summed E-state index contributed by atoms with van der Waals surface area (Å²) in [6.07, 6.45) is 5.11. The number of benzene rings is 1. The molecule has 1 aromatic carbocycles. The number of sulfonamides is 1. The molecule has 7 heteroatoms. The molecule has 0 amide bonds. The van der Waals surface area contributed by atoms with Gasteiger partial charge in [-0.25, -0.2) is 18.5 Å². The predicted molar refractivity (Wildman–Crippen MR) is 72.5 cm³/mol. The molecule has 0 atom stereocenters. The molecule has 0 bridgehead atoms. The zero-order valence-electron chi connectivity index (χ0n) is 9.63. The van der Waals surface area contributed by atoms with E-state index in [0.29, 0.717) is 16.7 Å². The van der Waals surface area contributed by atoms with Crippen molar-refractivity contribution in [3.05, 3.63) is 29.4 Å². The van der Waals surface area contributed by atoms with Crippen LogP contribution in [0.2, 0.25) is 5.15 Å². The highest BCUT2D eigenvalue weighted by Crippen LogP contribution is 2.30. The topological polar surface area (TPSA) is 82.3 Å². The van der Waals surface area contributed by atoms with Crippen molar-refractivity contribution in [3.63, 3.8) is 0 Å². The number of hydrogen-bond donors (Lipinski definition) is 1. The monoisotopic (exact) mass is 296 g/mol. The molecule has 19 heavy (non-hydrogen) atoms. The number of hydrogen-bond acceptors (Lipinski definition) is 4. The lowest BCUT2D eigenvalue weighted by Crippen LogP contribution is -2.13. The quantitative estimate of drug-likeness (QED) is 0.688. The Kier molecular flexibility index (Phi) is 3.62. The van der Waals surface area contributed by atoms with Crippen LogP contribution >= 0.6 is 11.6 Å². The third kappa shape index (κ3) is 2.79. The van der Waals surface area contributed by atoms with E-state index in [1.54, 1.807) is 0 Å². The normalized spacial score (nSPS) is 11.2. The van der Waals surface area contributed by atoms with Crippen LogP contribution in [0.4, 0.5) is 0 Å². The van der Waals surface area contributed by atoms with Crippen LogP contribution in [-0.2, 0) is 10.0 Å². The summed E-state index contributed by atoms with van der Waals surface area (Å²) < 4.78 is 28.3. The smallest absolute Gasteiger partial charge is 0.238 e. The fourth-order valence-corrected chi connectivity index (χ4v) is 2.50. The minimum absolute atomic E-state index is 0.0397. The number of terminal acetylenes is 1. The van der Waals surface area contributed by atoms with E-state index >= 15 is 0 Å². The molecule has 0 radical (unpaired) electrons. The van der Waals surface area contributed by atoms with Crippen molar-refractivity contribution in [1.29, 1.82) is 0 Å². The van der Waals surface area contributed by atoms with Gasteiger partial charge in [-0.15, -0.1) is 6.42 Å². The number of fused-ring (bicyclic) bond motifs is 1. The molecule has 2 aromatic rings. The first-order valence-electron chi connectivity index (χ1n) is 5.12. The highest BCUT2D eigenvalue weighted by molar-refractivity contribution is 7.89. The highest BCUT2D eigenvalue weighted by atomic mass is 35.5. The molecule has 0 aliphatic heterocycles. The molecule has 2 rings (SSSR count). The van der Waals surface area contributed by atoms with Crippen LogP contribution in [0.3, 0.4) is 0 Å². The maximum absolute atomic E-state index is 11.5. The molecule has 1 aromatic heterocycles. The number of ether oxygens (including phenoxy) is 1. The minimum Gasteiger partial charge on any atom is -0.479 e. The summed E-state index contributed by atoms with van der Waals surface area (Å²) >= 11 is 5.80. The second-order valence-corrected chi connectivity index (χ2v) is 5.55. The first-order valence-corrected chi connectivity index (χ1v) is 7.04. The van der Waals surface area contributed by atoms with E-state index in [0.717, 1.165) is 0 Å². The van der Waals surface area contributed by atoms with Crippen LogP contribution in [-0.4, -0.2) is 20.0 Å². The number of rotatable bonds is 3. The Hall–Kier alpha value is -1.81. The molecule has 0 saturated heterocycles. The molecule has 2 N–H and O–H groups in total. The largest absolute Gasteiger partial charge is 0.479 e. The van der Waals surface area contributed by atoms with Gasteiger partial charge in [0, 0.05) is 5.39 Å². The van der Waals surface area contributed by atoms with Gasteiger partial charge in [0.05, 0.1) is 4.90 Å². The molecule has 0 unspecified atom stereocenters. The van der Waals surface area contributed by atoms with E-state index in [4.69, 9.17) is 27.9 Å². The zero-order valence-corrected chi connectivity index (χ0v) is 11.2. The summed E-state index contributed by atoms with van der Waals surface area (Å²) in [5.74, 6) is 2.66. The van der Waals surface area contributed by atoms with Gasteiger partial charge in [-0.05, 0) is 24.3 Å². The summed E-state index contributed by atoms with van der Waals surface area (Å²) in [5.41, 5.74) is 0.300. The van der Waals surface area contributed by atoms with Crippen LogP contribution in [0.25, 0.3) is 10.9 Å². The van der Waals surface area contributed by atoms with E-state index < -0.39 is 10.0 Å². The van der Waals surface area contributed by atoms with E-state index in [9.17, 15) is 8.42 Å². The van der Waals surface area contributed by atoms with Gasteiger partial charge in [0.25, 0.3) is 0 Å². The van der Waals surface area contributed by atoms with Crippen molar-refractivity contribution >= 4 is 32.5 Å². The minimum atomic E-state index is -3.86. The number of halogens is 1. The average Bonchev–Trinajstić information content (AvgIpc) is 2.34. The first-order chi connectivity index (χ1) is 8.93. The third-order valence-corrected chi connectivity index (χ3v) is 3.54.